The van der Waals surface area contributed by atoms with Crippen LogP contribution in [0.25, 0.3) is 0 Å². The topological polar surface area (TPSA) is 58.2 Å². The molecule has 2 amide bonds. The van der Waals surface area contributed by atoms with Gasteiger partial charge in [0.15, 0.2) is 0 Å². The van der Waals surface area contributed by atoms with Crippen LogP contribution in [0.15, 0.2) is 28.7 Å². The van der Waals surface area contributed by atoms with Crippen molar-refractivity contribution >= 4 is 27.7 Å². The Morgan fingerprint density at radius 3 is 2.53 bits per heavy atom. The zero-order valence-electron chi connectivity index (χ0n) is 10.4. The molecule has 1 saturated heterocycles. The molecule has 0 bridgehead atoms. The van der Waals surface area contributed by atoms with E-state index in [1.54, 1.807) is 0 Å². The van der Waals surface area contributed by atoms with Gasteiger partial charge in [0.2, 0.25) is 11.8 Å². The van der Waals surface area contributed by atoms with Crippen LogP contribution >= 0.6 is 15.9 Å². The number of rotatable bonds is 3. The first-order valence-corrected chi connectivity index (χ1v) is 7.26. The second-order valence-electron chi connectivity index (χ2n) is 5.24. The highest BCUT2D eigenvalue weighted by molar-refractivity contribution is 9.10. The average Bonchev–Trinajstić information content (AvgIpc) is 3.03. The summed E-state index contributed by atoms with van der Waals surface area (Å²) >= 11 is 3.41. The lowest BCUT2D eigenvalue weighted by molar-refractivity contribution is -0.126. The Balaban J connectivity index is 1.70. The van der Waals surface area contributed by atoms with E-state index in [0.29, 0.717) is 12.8 Å². The maximum Gasteiger partial charge on any atom is 0.243 e. The van der Waals surface area contributed by atoms with Crippen LogP contribution in [0.4, 0.5) is 0 Å². The molecular weight excluding hydrogens is 308 g/mol. The first-order chi connectivity index (χ1) is 9.09. The molecule has 1 saturated carbocycles. The predicted molar refractivity (Wildman–Crippen MR) is 74.4 cm³/mol. The van der Waals surface area contributed by atoms with Crippen molar-refractivity contribution in [1.82, 2.24) is 10.6 Å². The molecule has 5 heteroatoms. The van der Waals surface area contributed by atoms with Crippen LogP contribution < -0.4 is 10.6 Å². The molecule has 2 fully saturated rings. The number of amides is 2. The van der Waals surface area contributed by atoms with Crippen LogP contribution in [0, 0.1) is 0 Å². The minimum Gasteiger partial charge on any atom is -0.345 e. The van der Waals surface area contributed by atoms with Crippen LogP contribution in [0.3, 0.4) is 0 Å². The van der Waals surface area contributed by atoms with Crippen molar-refractivity contribution < 1.29 is 9.59 Å². The summed E-state index contributed by atoms with van der Waals surface area (Å²) in [5.41, 5.74) is 0.916. The van der Waals surface area contributed by atoms with Crippen molar-refractivity contribution in [3.8, 4) is 0 Å². The number of benzene rings is 1. The van der Waals surface area contributed by atoms with Gasteiger partial charge >= 0.3 is 0 Å². The van der Waals surface area contributed by atoms with Crippen LogP contribution in [0.1, 0.15) is 31.2 Å². The maximum atomic E-state index is 12.2. The minimum atomic E-state index is -0.361. The van der Waals surface area contributed by atoms with Gasteiger partial charge < -0.3 is 10.6 Å². The van der Waals surface area contributed by atoms with E-state index in [-0.39, 0.29) is 23.4 Å². The van der Waals surface area contributed by atoms with Gasteiger partial charge in [0.05, 0.1) is 5.54 Å². The average molecular weight is 323 g/mol. The summed E-state index contributed by atoms with van der Waals surface area (Å²) in [6, 6.07) is 7.67. The first-order valence-electron chi connectivity index (χ1n) is 6.46. The lowest BCUT2D eigenvalue weighted by atomic mass is 10.0. The lowest BCUT2D eigenvalue weighted by Gasteiger charge is -2.20. The van der Waals surface area contributed by atoms with Crippen molar-refractivity contribution in [1.29, 1.82) is 0 Å². The summed E-state index contributed by atoms with van der Waals surface area (Å²) in [5, 5.41) is 5.80. The Kier molecular flexibility index (Phi) is 3.09. The number of carbonyl (C=O) groups excluding carboxylic acids is 2. The number of hydrogen-bond donors (Lipinski definition) is 2. The molecule has 0 spiro atoms. The molecule has 1 aromatic carbocycles. The molecule has 1 aliphatic heterocycles. The third-order valence-electron chi connectivity index (χ3n) is 3.82. The Morgan fingerprint density at radius 2 is 2.00 bits per heavy atom. The molecule has 1 aliphatic carbocycles. The minimum absolute atomic E-state index is 0.0337. The van der Waals surface area contributed by atoms with Gasteiger partial charge in [0, 0.05) is 10.9 Å². The number of carbonyl (C=O) groups is 2. The molecule has 2 aliphatic rings. The molecule has 3 rings (SSSR count). The summed E-state index contributed by atoms with van der Waals surface area (Å²) in [6.07, 6.45) is 2.96. The molecule has 1 atom stereocenters. The lowest BCUT2D eigenvalue weighted by Crippen LogP contribution is -2.46. The van der Waals surface area contributed by atoms with E-state index >= 15 is 0 Å². The van der Waals surface area contributed by atoms with Crippen LogP contribution in [0.2, 0.25) is 0 Å². The normalized spacial score (nSPS) is 23.8. The highest BCUT2D eigenvalue weighted by Crippen LogP contribution is 2.45. The Morgan fingerprint density at radius 1 is 1.32 bits per heavy atom. The molecule has 4 nitrogen and oxygen atoms in total. The first kappa shape index (κ1) is 12.7. The number of hydrogen-bond acceptors (Lipinski definition) is 2. The molecule has 1 heterocycles. The van der Waals surface area contributed by atoms with Crippen molar-refractivity contribution in [2.24, 2.45) is 0 Å². The third kappa shape index (κ3) is 2.52. The number of nitrogens with one attached hydrogen (secondary N) is 2. The van der Waals surface area contributed by atoms with E-state index in [2.05, 4.69) is 26.6 Å². The van der Waals surface area contributed by atoms with Crippen molar-refractivity contribution in [3.05, 3.63) is 34.3 Å². The van der Waals surface area contributed by atoms with E-state index in [9.17, 15) is 9.59 Å². The van der Waals surface area contributed by atoms with Gasteiger partial charge in [-0.25, -0.2) is 0 Å². The molecule has 2 N–H and O–H groups in total. The summed E-state index contributed by atoms with van der Waals surface area (Å²) in [5.74, 6) is -0.0973. The smallest absolute Gasteiger partial charge is 0.243 e. The quantitative estimate of drug-likeness (QED) is 0.892. The van der Waals surface area contributed by atoms with Gasteiger partial charge in [0.1, 0.15) is 6.04 Å². The highest BCUT2D eigenvalue weighted by Gasteiger charge is 2.46. The molecule has 0 aromatic heterocycles. The Hall–Kier alpha value is -1.36. The monoisotopic (exact) mass is 322 g/mol. The summed E-state index contributed by atoms with van der Waals surface area (Å²) < 4.78 is 1.03. The zero-order valence-corrected chi connectivity index (χ0v) is 12.0. The Bertz CT molecular complexity index is 523. The predicted octanol–water partition coefficient (Wildman–Crippen LogP) is 1.83. The molecule has 0 radical (unpaired) electrons. The van der Waals surface area contributed by atoms with Crippen molar-refractivity contribution in [2.45, 2.75) is 37.3 Å². The number of halogens is 1. The second kappa shape index (κ2) is 4.63. The zero-order chi connectivity index (χ0) is 13.5. The van der Waals surface area contributed by atoms with Crippen molar-refractivity contribution in [2.75, 3.05) is 0 Å². The fourth-order valence-electron chi connectivity index (χ4n) is 2.51. The van der Waals surface area contributed by atoms with E-state index in [1.807, 2.05) is 24.3 Å². The van der Waals surface area contributed by atoms with E-state index in [4.69, 9.17) is 0 Å². The maximum absolute atomic E-state index is 12.2. The molecule has 1 aromatic rings. The largest absolute Gasteiger partial charge is 0.345 e. The molecule has 19 heavy (non-hydrogen) atoms. The summed E-state index contributed by atoms with van der Waals surface area (Å²) in [4.78, 5) is 23.3. The van der Waals surface area contributed by atoms with E-state index in [0.717, 1.165) is 22.9 Å². The highest BCUT2D eigenvalue weighted by atomic mass is 79.9. The van der Waals surface area contributed by atoms with Crippen molar-refractivity contribution in [3.63, 3.8) is 0 Å². The molecular formula is C14H15BrN2O2. The summed E-state index contributed by atoms with van der Waals surface area (Å²) in [6.45, 7) is 0. The van der Waals surface area contributed by atoms with Gasteiger partial charge in [-0.05, 0) is 37.0 Å². The third-order valence-corrected chi connectivity index (χ3v) is 4.35. The van der Waals surface area contributed by atoms with Crippen LogP contribution in [-0.2, 0) is 15.1 Å². The van der Waals surface area contributed by atoms with Gasteiger partial charge in [-0.1, -0.05) is 28.1 Å². The van der Waals surface area contributed by atoms with Gasteiger partial charge in [0.25, 0.3) is 0 Å². The van der Waals surface area contributed by atoms with Gasteiger partial charge in [-0.2, -0.15) is 0 Å². The fourth-order valence-corrected chi connectivity index (χ4v) is 2.78. The van der Waals surface area contributed by atoms with Gasteiger partial charge in [-0.3, -0.25) is 9.59 Å². The molecule has 100 valence electrons. The van der Waals surface area contributed by atoms with Crippen LogP contribution in [0.5, 0.6) is 0 Å². The summed E-state index contributed by atoms with van der Waals surface area (Å²) in [7, 11) is 0. The Labute approximate surface area is 120 Å². The van der Waals surface area contributed by atoms with E-state index < -0.39 is 0 Å². The SMILES string of the molecule is O=C1CC[C@H](C(=O)NC2(c3ccc(Br)cc3)CC2)N1. The second-order valence-corrected chi connectivity index (χ2v) is 6.15. The van der Waals surface area contributed by atoms with Crippen LogP contribution in [-0.4, -0.2) is 17.9 Å². The standard InChI is InChI=1S/C14H15BrN2O2/c15-10-3-1-9(2-4-10)14(7-8-14)17-13(19)11-5-6-12(18)16-11/h1-4,11H,5-8H2,(H,16,18)(H,17,19)/t11-/m1/s1. The van der Waals surface area contributed by atoms with E-state index in [1.165, 1.54) is 0 Å². The fraction of sp³-hybridized carbons (Fsp3) is 0.429. The molecule has 0 unspecified atom stereocenters. The van der Waals surface area contributed by atoms with Gasteiger partial charge in [-0.15, -0.1) is 0 Å².